The lowest BCUT2D eigenvalue weighted by Gasteiger charge is -2.11. The van der Waals surface area contributed by atoms with Gasteiger partial charge in [-0.15, -0.1) is 0 Å². The molecule has 1 aromatic carbocycles. The molecule has 0 radical (unpaired) electrons. The third-order valence-electron chi connectivity index (χ3n) is 2.92. The molecule has 2 aromatic rings. The van der Waals surface area contributed by atoms with Gasteiger partial charge in [-0.3, -0.25) is 0 Å². The van der Waals surface area contributed by atoms with Crippen LogP contribution in [-0.2, 0) is 6.54 Å². The Morgan fingerprint density at radius 2 is 2.00 bits per heavy atom. The number of halogens is 1. The van der Waals surface area contributed by atoms with Crippen LogP contribution in [0.5, 0.6) is 0 Å². The van der Waals surface area contributed by atoms with Crippen LogP contribution in [0.15, 0.2) is 34.9 Å². The minimum absolute atomic E-state index is 0.473. The van der Waals surface area contributed by atoms with E-state index in [-0.39, 0.29) is 0 Å². The Hall–Kier alpha value is -1.86. The van der Waals surface area contributed by atoms with E-state index in [1.54, 1.807) is 6.20 Å². The molecule has 0 saturated carbocycles. The first-order valence-electron chi connectivity index (χ1n) is 5.96. The number of aromatic nitrogens is 1. The Labute approximate surface area is 121 Å². The molecule has 0 fully saturated rings. The lowest BCUT2D eigenvalue weighted by Crippen LogP contribution is -2.03. The number of nitrogens with zero attached hydrogens (tertiary/aromatic N) is 2. The lowest BCUT2D eigenvalue weighted by molar-refractivity contribution is 1.09. The van der Waals surface area contributed by atoms with Crippen LogP contribution in [-0.4, -0.2) is 4.98 Å². The molecule has 4 heteroatoms. The van der Waals surface area contributed by atoms with Gasteiger partial charge in [-0.05, 0) is 43.2 Å². The van der Waals surface area contributed by atoms with Gasteiger partial charge >= 0.3 is 0 Å². The molecule has 0 atom stereocenters. The number of nitrogens with one attached hydrogen (secondary N) is 1. The molecule has 0 saturated heterocycles. The first-order valence-corrected chi connectivity index (χ1v) is 6.75. The van der Waals surface area contributed by atoms with Crippen LogP contribution in [0.4, 0.5) is 5.69 Å². The van der Waals surface area contributed by atoms with Gasteiger partial charge < -0.3 is 5.32 Å². The van der Waals surface area contributed by atoms with Gasteiger partial charge in [0.25, 0.3) is 0 Å². The molecule has 0 amide bonds. The molecule has 19 heavy (non-hydrogen) atoms. The highest BCUT2D eigenvalue weighted by atomic mass is 79.9. The quantitative estimate of drug-likeness (QED) is 0.933. The third-order valence-corrected chi connectivity index (χ3v) is 4.17. The predicted molar refractivity (Wildman–Crippen MR) is 79.9 cm³/mol. The zero-order valence-corrected chi connectivity index (χ0v) is 12.5. The summed E-state index contributed by atoms with van der Waals surface area (Å²) in [5.41, 5.74) is 4.80. The molecule has 0 aliphatic carbocycles. The van der Waals surface area contributed by atoms with Gasteiger partial charge in [-0.1, -0.05) is 22.0 Å². The maximum Gasteiger partial charge on any atom is 0.145 e. The predicted octanol–water partition coefficient (Wildman–Crippen LogP) is 3.94. The number of hydrogen-bond donors (Lipinski definition) is 1. The Morgan fingerprint density at radius 3 is 2.63 bits per heavy atom. The van der Waals surface area contributed by atoms with Crippen LogP contribution in [0.25, 0.3) is 0 Å². The van der Waals surface area contributed by atoms with Crippen molar-refractivity contribution in [2.45, 2.75) is 20.4 Å². The second-order valence-corrected chi connectivity index (χ2v) is 5.19. The minimum Gasteiger partial charge on any atom is -0.381 e. The van der Waals surface area contributed by atoms with E-state index in [4.69, 9.17) is 5.26 Å². The average molecular weight is 316 g/mol. The summed E-state index contributed by atoms with van der Waals surface area (Å²) < 4.78 is 1.14. The van der Waals surface area contributed by atoms with Crippen LogP contribution in [0.2, 0.25) is 0 Å². The van der Waals surface area contributed by atoms with Crippen LogP contribution >= 0.6 is 15.9 Å². The smallest absolute Gasteiger partial charge is 0.145 e. The number of anilines is 1. The van der Waals surface area contributed by atoms with Crippen LogP contribution in [0.1, 0.15) is 22.4 Å². The maximum atomic E-state index is 8.99. The highest BCUT2D eigenvalue weighted by Crippen LogP contribution is 2.25. The molecule has 0 bridgehead atoms. The number of aryl methyl sites for hydroxylation is 2. The van der Waals surface area contributed by atoms with Gasteiger partial charge in [0.2, 0.25) is 0 Å². The fraction of sp³-hybridized carbons (Fsp3) is 0.200. The molecule has 0 unspecified atom stereocenters. The Morgan fingerprint density at radius 1 is 1.32 bits per heavy atom. The van der Waals surface area contributed by atoms with Crippen molar-refractivity contribution in [2.75, 3.05) is 5.32 Å². The number of rotatable bonds is 3. The van der Waals surface area contributed by atoms with Crippen LogP contribution in [0.3, 0.4) is 0 Å². The first-order chi connectivity index (χ1) is 9.11. The molecule has 2 rings (SSSR count). The Bertz CT molecular complexity index is 621. The van der Waals surface area contributed by atoms with E-state index >= 15 is 0 Å². The summed E-state index contributed by atoms with van der Waals surface area (Å²) in [6.45, 7) is 4.72. The second-order valence-electron chi connectivity index (χ2n) is 4.40. The lowest BCUT2D eigenvalue weighted by atomic mass is 10.1. The van der Waals surface area contributed by atoms with E-state index in [1.165, 1.54) is 11.1 Å². The van der Waals surface area contributed by atoms with E-state index in [2.05, 4.69) is 58.3 Å². The summed E-state index contributed by atoms with van der Waals surface area (Å²) in [5.74, 6) is 0. The van der Waals surface area contributed by atoms with Gasteiger partial charge in [0, 0.05) is 28.5 Å². The van der Waals surface area contributed by atoms with Crippen molar-refractivity contribution in [3.63, 3.8) is 0 Å². The van der Waals surface area contributed by atoms with Crippen molar-refractivity contribution in [1.29, 1.82) is 5.26 Å². The monoisotopic (exact) mass is 315 g/mol. The highest BCUT2D eigenvalue weighted by Gasteiger charge is 2.04. The third kappa shape index (κ3) is 3.12. The number of hydrogen-bond acceptors (Lipinski definition) is 3. The molecule has 0 aliphatic rings. The van der Waals surface area contributed by atoms with Crippen molar-refractivity contribution in [1.82, 2.24) is 4.98 Å². The van der Waals surface area contributed by atoms with Crippen molar-refractivity contribution in [3.8, 4) is 6.07 Å². The molecular formula is C15H14BrN3. The number of pyridine rings is 1. The SMILES string of the molecule is Cc1cc(NCc2cccnc2C#N)cc(C)c1Br. The van der Waals surface area contributed by atoms with Gasteiger partial charge in [0.1, 0.15) is 11.8 Å². The summed E-state index contributed by atoms with van der Waals surface area (Å²) in [7, 11) is 0. The average Bonchev–Trinajstić information content (AvgIpc) is 2.42. The summed E-state index contributed by atoms with van der Waals surface area (Å²) >= 11 is 3.55. The van der Waals surface area contributed by atoms with Gasteiger partial charge in [-0.2, -0.15) is 5.26 Å². The summed E-state index contributed by atoms with van der Waals surface area (Å²) in [4.78, 5) is 4.05. The molecule has 0 aliphatic heterocycles. The standard InChI is InChI=1S/C15H14BrN3/c1-10-6-13(7-11(2)15(10)16)19-9-12-4-3-5-18-14(12)8-17/h3-7,19H,9H2,1-2H3. The summed E-state index contributed by atoms with van der Waals surface area (Å²) in [6, 6.07) is 10.0. The van der Waals surface area contributed by atoms with Crippen LogP contribution in [0, 0.1) is 25.2 Å². The molecule has 96 valence electrons. The van der Waals surface area contributed by atoms with Crippen molar-refractivity contribution in [3.05, 3.63) is 57.3 Å². The topological polar surface area (TPSA) is 48.7 Å². The van der Waals surface area contributed by atoms with E-state index < -0.39 is 0 Å². The fourth-order valence-electron chi connectivity index (χ4n) is 1.93. The summed E-state index contributed by atoms with van der Waals surface area (Å²) in [6.07, 6.45) is 1.63. The second kappa shape index (κ2) is 5.85. The normalized spacial score (nSPS) is 10.0. The number of nitriles is 1. The molecular weight excluding hydrogens is 302 g/mol. The zero-order chi connectivity index (χ0) is 13.8. The van der Waals surface area contributed by atoms with Crippen molar-refractivity contribution >= 4 is 21.6 Å². The highest BCUT2D eigenvalue weighted by molar-refractivity contribution is 9.10. The molecule has 1 aromatic heterocycles. The van der Waals surface area contributed by atoms with Crippen molar-refractivity contribution < 1.29 is 0 Å². The fourth-order valence-corrected chi connectivity index (χ4v) is 2.16. The minimum atomic E-state index is 0.473. The Balaban J connectivity index is 2.17. The molecule has 1 N–H and O–H groups in total. The first kappa shape index (κ1) is 13.6. The van der Waals surface area contributed by atoms with Gasteiger partial charge in [-0.25, -0.2) is 4.98 Å². The van der Waals surface area contributed by atoms with Gasteiger partial charge in [0.05, 0.1) is 0 Å². The van der Waals surface area contributed by atoms with E-state index in [1.807, 2.05) is 12.1 Å². The molecule has 3 nitrogen and oxygen atoms in total. The number of benzene rings is 1. The molecule has 0 spiro atoms. The van der Waals surface area contributed by atoms with E-state index in [9.17, 15) is 0 Å². The van der Waals surface area contributed by atoms with E-state index in [0.29, 0.717) is 12.2 Å². The zero-order valence-electron chi connectivity index (χ0n) is 10.9. The largest absolute Gasteiger partial charge is 0.381 e. The van der Waals surface area contributed by atoms with Crippen molar-refractivity contribution in [2.24, 2.45) is 0 Å². The summed E-state index contributed by atoms with van der Waals surface area (Å²) in [5, 5.41) is 12.3. The van der Waals surface area contributed by atoms with E-state index in [0.717, 1.165) is 15.7 Å². The maximum absolute atomic E-state index is 8.99. The van der Waals surface area contributed by atoms with Crippen LogP contribution < -0.4 is 5.32 Å². The Kier molecular flexibility index (Phi) is 4.18. The van der Waals surface area contributed by atoms with Gasteiger partial charge in [0.15, 0.2) is 0 Å². The molecule has 1 heterocycles.